The van der Waals surface area contributed by atoms with E-state index in [1.165, 1.54) is 7.11 Å². The van der Waals surface area contributed by atoms with E-state index in [0.29, 0.717) is 6.42 Å². The lowest BCUT2D eigenvalue weighted by molar-refractivity contribution is -0.385. The van der Waals surface area contributed by atoms with E-state index in [2.05, 4.69) is 4.72 Å². The summed E-state index contributed by atoms with van der Waals surface area (Å²) >= 11 is 0. The molecule has 20 heavy (non-hydrogen) atoms. The number of methoxy groups -OCH3 is 1. The molecule has 110 valence electrons. The maximum Gasteiger partial charge on any atom is 0.273 e. The molecule has 0 unspecified atom stereocenters. The Balaban J connectivity index is 3.02. The molecule has 0 aliphatic heterocycles. The molecule has 1 N–H and O–H groups in total. The zero-order valence-corrected chi connectivity index (χ0v) is 12.0. The third-order valence-corrected chi connectivity index (χ3v) is 3.99. The van der Waals surface area contributed by atoms with Crippen molar-refractivity contribution in [1.29, 1.82) is 0 Å². The molecule has 0 radical (unpaired) electrons. The predicted octanol–water partition coefficient (Wildman–Crippen LogP) is 1.85. The van der Waals surface area contributed by atoms with Crippen LogP contribution in [-0.4, -0.2) is 27.0 Å². The summed E-state index contributed by atoms with van der Waals surface area (Å²) in [6.07, 6.45) is 4.21. The van der Waals surface area contributed by atoms with Crippen LogP contribution in [0.4, 0.5) is 5.69 Å². The SMILES string of the molecule is C/C=C/CCNS(=O)(=O)c1ccc([N+](=O)[O-])cc1OC. The molecule has 8 heteroatoms. The first kappa shape index (κ1) is 16.1. The highest BCUT2D eigenvalue weighted by molar-refractivity contribution is 7.89. The maximum absolute atomic E-state index is 12.1. The first-order valence-electron chi connectivity index (χ1n) is 5.85. The fourth-order valence-electron chi connectivity index (χ4n) is 1.51. The van der Waals surface area contributed by atoms with Crippen molar-refractivity contribution in [2.24, 2.45) is 0 Å². The van der Waals surface area contributed by atoms with E-state index in [4.69, 9.17) is 4.74 Å². The van der Waals surface area contributed by atoms with E-state index in [0.717, 1.165) is 18.2 Å². The van der Waals surface area contributed by atoms with Gasteiger partial charge in [-0.25, -0.2) is 13.1 Å². The molecule has 0 bridgehead atoms. The average molecular weight is 300 g/mol. The number of non-ortho nitro benzene ring substituents is 1. The van der Waals surface area contributed by atoms with Gasteiger partial charge in [-0.2, -0.15) is 0 Å². The molecule has 0 spiro atoms. The molecule has 0 aliphatic rings. The lowest BCUT2D eigenvalue weighted by Crippen LogP contribution is -2.25. The second-order valence-corrected chi connectivity index (χ2v) is 5.58. The molecule has 1 rings (SSSR count). The van der Waals surface area contributed by atoms with Crippen LogP contribution in [0.2, 0.25) is 0 Å². The van der Waals surface area contributed by atoms with Gasteiger partial charge in [0.2, 0.25) is 10.0 Å². The number of nitrogens with one attached hydrogen (secondary N) is 1. The van der Waals surface area contributed by atoms with Crippen molar-refractivity contribution < 1.29 is 18.1 Å². The number of hydrogen-bond donors (Lipinski definition) is 1. The Kier molecular flexibility index (Phi) is 5.66. The van der Waals surface area contributed by atoms with Crippen molar-refractivity contribution in [1.82, 2.24) is 4.72 Å². The minimum absolute atomic E-state index is 0.0577. The summed E-state index contributed by atoms with van der Waals surface area (Å²) in [5.41, 5.74) is -0.227. The third-order valence-electron chi connectivity index (χ3n) is 2.49. The van der Waals surface area contributed by atoms with Gasteiger partial charge in [0.15, 0.2) is 0 Å². The number of nitro groups is 1. The summed E-state index contributed by atoms with van der Waals surface area (Å²) in [5.74, 6) is -0.0577. The average Bonchev–Trinajstić information content (AvgIpc) is 2.42. The van der Waals surface area contributed by atoms with Gasteiger partial charge in [-0.1, -0.05) is 12.2 Å². The first-order valence-corrected chi connectivity index (χ1v) is 7.34. The van der Waals surface area contributed by atoms with Gasteiger partial charge < -0.3 is 4.74 Å². The van der Waals surface area contributed by atoms with E-state index in [-0.39, 0.29) is 22.9 Å². The number of ether oxygens (including phenoxy) is 1. The van der Waals surface area contributed by atoms with Crippen LogP contribution in [0.1, 0.15) is 13.3 Å². The number of sulfonamides is 1. The Labute approximate surface area is 117 Å². The fraction of sp³-hybridized carbons (Fsp3) is 0.333. The van der Waals surface area contributed by atoms with Gasteiger partial charge in [-0.05, 0) is 19.4 Å². The minimum atomic E-state index is -3.76. The molecular formula is C12H16N2O5S. The molecule has 1 aromatic carbocycles. The van der Waals surface area contributed by atoms with E-state index >= 15 is 0 Å². The van der Waals surface area contributed by atoms with Crippen LogP contribution in [0.15, 0.2) is 35.2 Å². The molecular weight excluding hydrogens is 284 g/mol. The number of nitro benzene ring substituents is 1. The van der Waals surface area contributed by atoms with Crippen LogP contribution in [0.3, 0.4) is 0 Å². The molecule has 7 nitrogen and oxygen atoms in total. The molecule has 0 aromatic heterocycles. The van der Waals surface area contributed by atoms with Crippen molar-refractivity contribution in [2.75, 3.05) is 13.7 Å². The Morgan fingerprint density at radius 2 is 2.15 bits per heavy atom. The van der Waals surface area contributed by atoms with Gasteiger partial charge in [-0.15, -0.1) is 0 Å². The predicted molar refractivity (Wildman–Crippen MR) is 74.3 cm³/mol. The van der Waals surface area contributed by atoms with Crippen LogP contribution >= 0.6 is 0 Å². The lowest BCUT2D eigenvalue weighted by Gasteiger charge is -2.09. The van der Waals surface area contributed by atoms with Gasteiger partial charge in [0, 0.05) is 12.6 Å². The molecule has 0 aliphatic carbocycles. The highest BCUT2D eigenvalue weighted by Gasteiger charge is 2.21. The van der Waals surface area contributed by atoms with E-state index in [1.54, 1.807) is 0 Å². The topological polar surface area (TPSA) is 98.5 Å². The van der Waals surface area contributed by atoms with Crippen molar-refractivity contribution in [2.45, 2.75) is 18.2 Å². The van der Waals surface area contributed by atoms with Gasteiger partial charge in [0.1, 0.15) is 10.6 Å². The van der Waals surface area contributed by atoms with Gasteiger partial charge >= 0.3 is 0 Å². The summed E-state index contributed by atoms with van der Waals surface area (Å²) < 4.78 is 31.5. The first-order chi connectivity index (χ1) is 9.42. The largest absolute Gasteiger partial charge is 0.495 e. The van der Waals surface area contributed by atoms with E-state index in [9.17, 15) is 18.5 Å². The highest BCUT2D eigenvalue weighted by atomic mass is 32.2. The normalized spacial score (nSPS) is 11.7. The summed E-state index contributed by atoms with van der Waals surface area (Å²) in [7, 11) is -2.50. The number of benzene rings is 1. The Hall–Kier alpha value is -1.93. The molecule has 1 aromatic rings. The zero-order valence-electron chi connectivity index (χ0n) is 11.2. The van der Waals surface area contributed by atoms with Crippen molar-refractivity contribution in [3.05, 3.63) is 40.5 Å². The van der Waals surface area contributed by atoms with E-state index < -0.39 is 14.9 Å². The van der Waals surface area contributed by atoms with Crippen LogP contribution in [0.25, 0.3) is 0 Å². The van der Waals surface area contributed by atoms with Gasteiger partial charge in [-0.3, -0.25) is 10.1 Å². The summed E-state index contributed by atoms with van der Waals surface area (Å²) in [5, 5.41) is 10.7. The Bertz CT molecular complexity index is 610. The minimum Gasteiger partial charge on any atom is -0.495 e. The lowest BCUT2D eigenvalue weighted by atomic mass is 10.3. The quantitative estimate of drug-likeness (QED) is 0.358. The Morgan fingerprint density at radius 3 is 2.70 bits per heavy atom. The third kappa shape index (κ3) is 4.04. The van der Waals surface area contributed by atoms with Crippen LogP contribution in [0, 0.1) is 10.1 Å². The number of hydrogen-bond acceptors (Lipinski definition) is 5. The molecule has 0 fully saturated rings. The standard InChI is InChI=1S/C12H16N2O5S/c1-3-4-5-8-13-20(17,18)12-7-6-10(14(15)16)9-11(12)19-2/h3-4,6-7,9,13H,5,8H2,1-2H3/b4-3+. The Morgan fingerprint density at radius 1 is 1.45 bits per heavy atom. The molecule has 0 amide bonds. The summed E-state index contributed by atoms with van der Waals surface area (Å²) in [6, 6.07) is 3.37. The number of rotatable bonds is 7. The maximum atomic E-state index is 12.1. The van der Waals surface area contributed by atoms with Crippen molar-refractivity contribution in [3.8, 4) is 5.75 Å². The van der Waals surface area contributed by atoms with Crippen molar-refractivity contribution in [3.63, 3.8) is 0 Å². The number of nitrogens with zero attached hydrogens (tertiary/aromatic N) is 1. The zero-order chi connectivity index (χ0) is 15.2. The highest BCUT2D eigenvalue weighted by Crippen LogP contribution is 2.28. The molecule has 0 saturated heterocycles. The molecule has 0 saturated carbocycles. The smallest absolute Gasteiger partial charge is 0.273 e. The summed E-state index contributed by atoms with van der Waals surface area (Å²) in [6.45, 7) is 2.08. The summed E-state index contributed by atoms with van der Waals surface area (Å²) in [4.78, 5) is 9.92. The van der Waals surface area contributed by atoms with Gasteiger partial charge in [0.25, 0.3) is 5.69 Å². The molecule has 0 atom stereocenters. The van der Waals surface area contributed by atoms with Crippen LogP contribution < -0.4 is 9.46 Å². The second kappa shape index (κ2) is 7.01. The number of allylic oxidation sites excluding steroid dienone is 1. The van der Waals surface area contributed by atoms with E-state index in [1.807, 2.05) is 19.1 Å². The van der Waals surface area contributed by atoms with Gasteiger partial charge in [0.05, 0.1) is 18.1 Å². The monoisotopic (exact) mass is 300 g/mol. The fourth-order valence-corrected chi connectivity index (χ4v) is 2.71. The van der Waals surface area contributed by atoms with Crippen LogP contribution in [0.5, 0.6) is 5.75 Å². The van der Waals surface area contributed by atoms with Crippen LogP contribution in [-0.2, 0) is 10.0 Å². The second-order valence-electron chi connectivity index (χ2n) is 3.85. The van der Waals surface area contributed by atoms with Crippen molar-refractivity contribution >= 4 is 15.7 Å². The molecule has 0 heterocycles.